The standard InChI is InChI=1S/C21H25NO11.Na.H2O/c1-9-5-16(27)31-15-6-11(3-4-12(9)15)32-21(20(29)30)7-13(25)17(22-10(2)24)19(33-21)18(28)14(26)8-23;;/h3-6,13-14,17-19,23,25-26,28H,7-8H2,1-2H3,(H,22,24)(H,29,30);;1H2/q;+1;/p-1/t13-,14+,17+,18+,19+,21+;;/m0../s1. The Labute approximate surface area is 220 Å². The molecule has 6 atom stereocenters. The van der Waals surface area contributed by atoms with Crippen molar-refractivity contribution in [3.05, 3.63) is 40.2 Å². The Morgan fingerprint density at radius 3 is 2.54 bits per heavy atom. The molecule has 2 aromatic rings. The fourth-order valence-electron chi connectivity index (χ4n) is 3.78. The molecule has 3 rings (SSSR count). The molecule has 0 spiro atoms. The maximum Gasteiger partial charge on any atom is 1.00 e. The number of hydrogen-bond donors (Lipinski definition) is 5. The molecule has 1 amide bonds. The van der Waals surface area contributed by atoms with E-state index in [1.807, 2.05) is 0 Å². The van der Waals surface area contributed by atoms with Gasteiger partial charge < -0.3 is 55.0 Å². The fraction of sp³-hybridized carbons (Fsp3) is 0.476. The van der Waals surface area contributed by atoms with E-state index in [2.05, 4.69) is 5.32 Å². The molecule has 0 radical (unpaired) electrons. The molecule has 1 aliphatic rings. The summed E-state index contributed by atoms with van der Waals surface area (Å²) >= 11 is 0. The Morgan fingerprint density at radius 2 is 1.97 bits per heavy atom. The summed E-state index contributed by atoms with van der Waals surface area (Å²) in [6, 6.07) is 4.09. The van der Waals surface area contributed by atoms with Gasteiger partial charge in [0.25, 0.3) is 5.79 Å². The minimum atomic E-state index is -2.66. The molecule has 1 aromatic heterocycles. The van der Waals surface area contributed by atoms with Gasteiger partial charge in [-0.3, -0.25) is 4.79 Å². The number of aliphatic hydroxyl groups is 4. The number of aryl methyl sites for hydroxylation is 1. The van der Waals surface area contributed by atoms with Gasteiger partial charge in [0.05, 0.1) is 18.8 Å². The van der Waals surface area contributed by atoms with Gasteiger partial charge in [0.1, 0.15) is 35.6 Å². The van der Waals surface area contributed by atoms with Crippen LogP contribution in [0.25, 0.3) is 11.0 Å². The third-order valence-electron chi connectivity index (χ3n) is 5.38. The van der Waals surface area contributed by atoms with Crippen molar-refractivity contribution in [2.45, 2.75) is 56.5 Å². The van der Waals surface area contributed by atoms with E-state index in [0.717, 1.165) is 6.92 Å². The summed E-state index contributed by atoms with van der Waals surface area (Å²) in [6.07, 6.45) is -7.76. The molecular formula is C21H26NNaO12. The number of fused-ring (bicyclic) bond motifs is 1. The van der Waals surface area contributed by atoms with Gasteiger partial charge in [-0.05, 0) is 24.6 Å². The first-order valence-corrected chi connectivity index (χ1v) is 10.0. The van der Waals surface area contributed by atoms with Crippen LogP contribution in [-0.4, -0.2) is 80.6 Å². The van der Waals surface area contributed by atoms with Gasteiger partial charge in [0, 0.05) is 30.9 Å². The second kappa shape index (κ2) is 12.3. The third kappa shape index (κ3) is 6.58. The topological polar surface area (TPSA) is 230 Å². The van der Waals surface area contributed by atoms with Crippen molar-refractivity contribution in [2.75, 3.05) is 6.61 Å². The number of carbonyl (C=O) groups excluding carboxylic acids is 2. The monoisotopic (exact) mass is 507 g/mol. The van der Waals surface area contributed by atoms with Crippen LogP contribution in [0, 0.1) is 6.92 Å². The number of amides is 1. The van der Waals surface area contributed by atoms with E-state index < -0.39 is 66.8 Å². The van der Waals surface area contributed by atoms with Crippen molar-refractivity contribution in [3.8, 4) is 5.75 Å². The Balaban J connectivity index is 0.00000306. The summed E-state index contributed by atoms with van der Waals surface area (Å²) in [6.45, 7) is 1.90. The average molecular weight is 507 g/mol. The quantitative estimate of drug-likeness (QED) is 0.175. The second-order valence-corrected chi connectivity index (χ2v) is 7.87. The van der Waals surface area contributed by atoms with E-state index in [0.29, 0.717) is 10.9 Å². The van der Waals surface area contributed by atoms with E-state index in [4.69, 9.17) is 13.9 Å². The van der Waals surface area contributed by atoms with Crippen LogP contribution in [0.1, 0.15) is 18.9 Å². The maximum atomic E-state index is 12.1. The summed E-state index contributed by atoms with van der Waals surface area (Å²) in [4.78, 5) is 35.4. The SMILES string of the molecule is CC(=O)N[C@H]1[C@H]([C@H](O)[C@H](O)CO)O[C@@](Oc2ccc3c(C)cc(=O)oc3c2)(C(=O)[O-])C[C@@H]1O.O.[Na+]. The first-order valence-electron chi connectivity index (χ1n) is 10.0. The Morgan fingerprint density at radius 1 is 1.31 bits per heavy atom. The van der Waals surface area contributed by atoms with Gasteiger partial charge in [0.2, 0.25) is 5.91 Å². The van der Waals surface area contributed by atoms with Crippen molar-refractivity contribution in [1.82, 2.24) is 5.32 Å². The van der Waals surface area contributed by atoms with Crippen LogP contribution in [0.5, 0.6) is 5.75 Å². The molecule has 0 bridgehead atoms. The first kappa shape index (κ1) is 31.0. The molecule has 1 aromatic carbocycles. The molecule has 1 fully saturated rings. The van der Waals surface area contributed by atoms with Crippen LogP contribution >= 0.6 is 0 Å². The zero-order chi connectivity index (χ0) is 24.5. The molecule has 13 nitrogen and oxygen atoms in total. The Bertz CT molecular complexity index is 1110. The summed E-state index contributed by atoms with van der Waals surface area (Å²) < 4.78 is 16.1. The summed E-state index contributed by atoms with van der Waals surface area (Å²) in [7, 11) is 0. The molecular weight excluding hydrogens is 481 g/mol. The zero-order valence-electron chi connectivity index (χ0n) is 19.3. The number of carboxylic acid groups (broad SMARTS) is 1. The largest absolute Gasteiger partial charge is 1.00 e. The van der Waals surface area contributed by atoms with Crippen LogP contribution in [-0.2, 0) is 14.3 Å². The van der Waals surface area contributed by atoms with Crippen molar-refractivity contribution < 1.29 is 84.0 Å². The normalized spacial score (nSPS) is 25.5. The zero-order valence-corrected chi connectivity index (χ0v) is 21.3. The second-order valence-electron chi connectivity index (χ2n) is 7.87. The molecule has 0 unspecified atom stereocenters. The van der Waals surface area contributed by atoms with E-state index in [1.165, 1.54) is 24.3 Å². The molecule has 0 aliphatic carbocycles. The van der Waals surface area contributed by atoms with Gasteiger partial charge >= 0.3 is 35.2 Å². The van der Waals surface area contributed by atoms with E-state index in [1.54, 1.807) is 6.92 Å². The predicted octanol–water partition coefficient (Wildman–Crippen LogP) is -6.53. The van der Waals surface area contributed by atoms with E-state index >= 15 is 0 Å². The average Bonchev–Trinajstić information content (AvgIpc) is 2.73. The predicted molar refractivity (Wildman–Crippen MR) is 111 cm³/mol. The van der Waals surface area contributed by atoms with Gasteiger partial charge in [-0.2, -0.15) is 0 Å². The van der Waals surface area contributed by atoms with Crippen LogP contribution in [0.4, 0.5) is 0 Å². The van der Waals surface area contributed by atoms with Gasteiger partial charge in [-0.25, -0.2) is 4.79 Å². The van der Waals surface area contributed by atoms with Gasteiger partial charge in [-0.15, -0.1) is 0 Å². The fourth-order valence-corrected chi connectivity index (χ4v) is 3.78. The third-order valence-corrected chi connectivity index (χ3v) is 5.38. The molecule has 2 heterocycles. The summed E-state index contributed by atoms with van der Waals surface area (Å²) in [5, 5.41) is 55.1. The molecule has 14 heteroatoms. The number of rotatable bonds is 7. The molecule has 188 valence electrons. The molecule has 7 N–H and O–H groups in total. The number of hydrogen-bond acceptors (Lipinski definition) is 11. The number of nitrogens with one attached hydrogen (secondary N) is 1. The molecule has 1 saturated heterocycles. The molecule has 35 heavy (non-hydrogen) atoms. The van der Waals surface area contributed by atoms with Gasteiger partial charge in [-0.1, -0.05) is 0 Å². The summed E-state index contributed by atoms with van der Waals surface area (Å²) in [5.41, 5.74) is 0.0901. The Hall–Kier alpha value is -2.07. The van der Waals surface area contributed by atoms with Crippen LogP contribution in [0.3, 0.4) is 0 Å². The maximum absolute atomic E-state index is 12.1. The molecule has 1 aliphatic heterocycles. The smallest absolute Gasteiger partial charge is 0.543 e. The Kier molecular flexibility index (Phi) is 10.8. The van der Waals surface area contributed by atoms with Crippen LogP contribution in [0.15, 0.2) is 33.5 Å². The minimum absolute atomic E-state index is 0. The summed E-state index contributed by atoms with van der Waals surface area (Å²) in [5.74, 6) is -5.32. The van der Waals surface area contributed by atoms with Crippen LogP contribution < -0.4 is 50.3 Å². The van der Waals surface area contributed by atoms with Crippen LogP contribution in [0.2, 0.25) is 0 Å². The number of benzene rings is 1. The number of aliphatic hydroxyl groups excluding tert-OH is 4. The number of aliphatic carboxylic acids is 1. The van der Waals surface area contributed by atoms with Crippen molar-refractivity contribution in [2.24, 2.45) is 0 Å². The minimum Gasteiger partial charge on any atom is -0.543 e. The number of carbonyl (C=O) groups is 2. The van der Waals surface area contributed by atoms with E-state index in [9.17, 15) is 39.9 Å². The first-order chi connectivity index (χ1) is 15.5. The van der Waals surface area contributed by atoms with Crippen molar-refractivity contribution in [3.63, 3.8) is 0 Å². The van der Waals surface area contributed by atoms with E-state index in [-0.39, 0.29) is 46.4 Å². The number of ether oxygens (including phenoxy) is 2. The number of carboxylic acids is 1. The molecule has 0 saturated carbocycles. The van der Waals surface area contributed by atoms with Crippen molar-refractivity contribution >= 4 is 22.8 Å². The van der Waals surface area contributed by atoms with Crippen molar-refractivity contribution in [1.29, 1.82) is 0 Å². The van der Waals surface area contributed by atoms with Gasteiger partial charge in [0.15, 0.2) is 0 Å².